The zero-order valence-corrected chi connectivity index (χ0v) is 16.1. The summed E-state index contributed by atoms with van der Waals surface area (Å²) in [4.78, 5) is 26.7. The van der Waals surface area contributed by atoms with Crippen molar-refractivity contribution in [2.45, 2.75) is 45.4 Å². The molecule has 2 aliphatic rings. The molecule has 5 heteroatoms. The lowest BCUT2D eigenvalue weighted by Gasteiger charge is -2.37. The number of nitrogens with zero attached hydrogens (tertiary/aromatic N) is 1. The Labute approximate surface area is 159 Å². The van der Waals surface area contributed by atoms with Crippen molar-refractivity contribution in [2.75, 3.05) is 20.2 Å². The highest BCUT2D eigenvalue weighted by Gasteiger charge is 2.47. The van der Waals surface area contributed by atoms with Crippen LogP contribution in [0, 0.1) is 5.41 Å². The van der Waals surface area contributed by atoms with Crippen LogP contribution in [0.15, 0.2) is 18.2 Å². The van der Waals surface area contributed by atoms with E-state index in [4.69, 9.17) is 4.74 Å². The van der Waals surface area contributed by atoms with Crippen molar-refractivity contribution in [3.8, 4) is 0 Å². The summed E-state index contributed by atoms with van der Waals surface area (Å²) in [6.07, 6.45) is 6.42. The van der Waals surface area contributed by atoms with E-state index in [0.29, 0.717) is 12.0 Å². The van der Waals surface area contributed by atoms with E-state index in [1.807, 2.05) is 18.2 Å². The molecule has 1 N–H and O–H groups in total. The summed E-state index contributed by atoms with van der Waals surface area (Å²) < 4.78 is 7.42. The Bertz CT molecular complexity index is 940. The van der Waals surface area contributed by atoms with Gasteiger partial charge in [0.05, 0.1) is 12.5 Å². The van der Waals surface area contributed by atoms with Crippen molar-refractivity contribution < 1.29 is 18.9 Å². The molecule has 0 radical (unpaired) electrons. The van der Waals surface area contributed by atoms with Crippen LogP contribution < -0.4 is 0 Å². The van der Waals surface area contributed by atoms with Gasteiger partial charge in [-0.25, -0.2) is 4.58 Å². The summed E-state index contributed by atoms with van der Waals surface area (Å²) in [5, 5.41) is 1.16. The van der Waals surface area contributed by atoms with Gasteiger partial charge in [-0.2, -0.15) is 0 Å². The molecule has 1 unspecified atom stereocenters. The Morgan fingerprint density at radius 1 is 1.37 bits per heavy atom. The standard InChI is InChI=1S/C22H26N2O3/c1-3-22(10-7-19(26)27-2)9-4-11-24-12-8-16-17-13-15(14-25)5-6-18(17)23-20(16)21(22)24/h5-6,13-14H,3-4,7-12H2,1-2H3/p+1. The van der Waals surface area contributed by atoms with Gasteiger partial charge in [0.1, 0.15) is 25.1 Å². The van der Waals surface area contributed by atoms with Gasteiger partial charge in [0.25, 0.3) is 0 Å². The van der Waals surface area contributed by atoms with Crippen molar-refractivity contribution >= 4 is 28.9 Å². The van der Waals surface area contributed by atoms with Gasteiger partial charge in [0, 0.05) is 35.7 Å². The number of methoxy groups -OCH3 is 1. The Morgan fingerprint density at radius 2 is 2.22 bits per heavy atom. The maximum Gasteiger partial charge on any atom is 0.305 e. The zero-order chi connectivity index (χ0) is 19.0. The smallest absolute Gasteiger partial charge is 0.305 e. The first-order chi connectivity index (χ1) is 13.1. The van der Waals surface area contributed by atoms with E-state index in [1.165, 1.54) is 24.1 Å². The zero-order valence-electron chi connectivity index (χ0n) is 16.1. The average molecular weight is 367 g/mol. The summed E-state index contributed by atoms with van der Waals surface area (Å²) in [5.41, 5.74) is 5.70. The van der Waals surface area contributed by atoms with E-state index in [9.17, 15) is 9.59 Å². The van der Waals surface area contributed by atoms with Crippen molar-refractivity contribution in [1.82, 2.24) is 4.98 Å². The maximum absolute atomic E-state index is 11.8. The number of benzene rings is 1. The molecule has 2 aliphatic heterocycles. The third-order valence-corrected chi connectivity index (χ3v) is 6.55. The Balaban J connectivity index is 1.84. The van der Waals surface area contributed by atoms with Gasteiger partial charge >= 0.3 is 5.97 Å². The molecule has 1 aromatic heterocycles. The molecule has 1 aromatic carbocycles. The van der Waals surface area contributed by atoms with E-state index in [2.05, 4.69) is 16.5 Å². The SMILES string of the molecule is CCC1(CCC(=O)OC)CCC[N+]2=C1c1[nH]c3ccc(C=O)cc3c1CC2. The van der Waals surface area contributed by atoms with Gasteiger partial charge in [-0.1, -0.05) is 6.92 Å². The van der Waals surface area contributed by atoms with Crippen molar-refractivity contribution in [3.05, 3.63) is 35.0 Å². The summed E-state index contributed by atoms with van der Waals surface area (Å²) in [6, 6.07) is 5.87. The molecule has 0 amide bonds. The number of carbonyl (C=O) groups excluding carboxylic acids is 2. The molecule has 0 fully saturated rings. The van der Waals surface area contributed by atoms with E-state index in [0.717, 1.165) is 62.4 Å². The third-order valence-electron chi connectivity index (χ3n) is 6.55. The molecular formula is C22H27N2O3+. The molecule has 0 saturated carbocycles. The Kier molecular flexibility index (Phi) is 4.62. The minimum absolute atomic E-state index is 0.00399. The van der Waals surface area contributed by atoms with E-state index >= 15 is 0 Å². The fraction of sp³-hybridized carbons (Fsp3) is 0.500. The van der Waals surface area contributed by atoms with Crippen LogP contribution in [0.5, 0.6) is 0 Å². The lowest BCUT2D eigenvalue weighted by atomic mass is 9.68. The second-order valence-corrected chi connectivity index (χ2v) is 7.80. The van der Waals surface area contributed by atoms with Crippen LogP contribution in [0.3, 0.4) is 0 Å². The molecule has 0 bridgehead atoms. The van der Waals surface area contributed by atoms with Crippen LogP contribution in [0.25, 0.3) is 10.9 Å². The second-order valence-electron chi connectivity index (χ2n) is 7.80. The number of aldehydes is 1. The number of ether oxygens (including phenoxy) is 1. The van der Waals surface area contributed by atoms with Gasteiger partial charge in [-0.05, 0) is 43.0 Å². The molecule has 1 atom stereocenters. The number of esters is 1. The summed E-state index contributed by atoms with van der Waals surface area (Å²) in [7, 11) is 1.46. The number of nitrogens with one attached hydrogen (secondary N) is 1. The first-order valence-corrected chi connectivity index (χ1v) is 9.91. The molecule has 0 aliphatic carbocycles. The highest BCUT2D eigenvalue weighted by Crippen LogP contribution is 2.43. The average Bonchev–Trinajstić information content (AvgIpc) is 3.09. The van der Waals surface area contributed by atoms with Crippen LogP contribution in [0.2, 0.25) is 0 Å². The predicted octanol–water partition coefficient (Wildman–Crippen LogP) is 3.48. The topological polar surface area (TPSA) is 62.2 Å². The normalized spacial score (nSPS) is 21.7. The molecule has 4 rings (SSSR count). The molecule has 0 spiro atoms. The molecular weight excluding hydrogens is 340 g/mol. The lowest BCUT2D eigenvalue weighted by Crippen LogP contribution is -2.46. The van der Waals surface area contributed by atoms with Gasteiger partial charge in [0.2, 0.25) is 5.71 Å². The molecule has 142 valence electrons. The highest BCUT2D eigenvalue weighted by molar-refractivity contribution is 6.07. The minimum Gasteiger partial charge on any atom is -0.469 e. The van der Waals surface area contributed by atoms with Crippen molar-refractivity contribution in [3.63, 3.8) is 0 Å². The number of carbonyl (C=O) groups is 2. The molecule has 27 heavy (non-hydrogen) atoms. The molecule has 3 heterocycles. The number of rotatable bonds is 5. The fourth-order valence-electron chi connectivity index (χ4n) is 5.08. The lowest BCUT2D eigenvalue weighted by molar-refractivity contribution is -0.538. The Morgan fingerprint density at radius 3 is 2.96 bits per heavy atom. The number of fused-ring (bicyclic) bond motifs is 4. The number of aromatic nitrogens is 1. The van der Waals surface area contributed by atoms with Crippen LogP contribution in [-0.2, 0) is 16.0 Å². The minimum atomic E-state index is -0.135. The van der Waals surface area contributed by atoms with Crippen molar-refractivity contribution in [1.29, 1.82) is 0 Å². The van der Waals surface area contributed by atoms with Gasteiger partial charge < -0.3 is 9.72 Å². The van der Waals surface area contributed by atoms with Crippen LogP contribution >= 0.6 is 0 Å². The fourth-order valence-corrected chi connectivity index (χ4v) is 5.08. The van der Waals surface area contributed by atoms with Gasteiger partial charge in [-0.15, -0.1) is 0 Å². The number of H-pyrrole nitrogens is 1. The van der Waals surface area contributed by atoms with Crippen molar-refractivity contribution in [2.24, 2.45) is 5.41 Å². The monoisotopic (exact) mass is 367 g/mol. The number of hydrogen-bond donors (Lipinski definition) is 1. The first-order valence-electron chi connectivity index (χ1n) is 9.91. The molecule has 5 nitrogen and oxygen atoms in total. The highest BCUT2D eigenvalue weighted by atomic mass is 16.5. The third kappa shape index (κ3) is 2.89. The largest absolute Gasteiger partial charge is 0.469 e. The van der Waals surface area contributed by atoms with Crippen LogP contribution in [0.4, 0.5) is 0 Å². The summed E-state index contributed by atoms with van der Waals surface area (Å²) >= 11 is 0. The van der Waals surface area contributed by atoms with Gasteiger partial charge in [-0.3, -0.25) is 9.59 Å². The second kappa shape index (κ2) is 6.95. The maximum atomic E-state index is 11.8. The molecule has 2 aromatic rings. The Hall–Kier alpha value is -2.43. The van der Waals surface area contributed by atoms with E-state index in [1.54, 1.807) is 0 Å². The van der Waals surface area contributed by atoms with Crippen LogP contribution in [0.1, 0.15) is 60.6 Å². The van der Waals surface area contributed by atoms with E-state index < -0.39 is 0 Å². The van der Waals surface area contributed by atoms with E-state index in [-0.39, 0.29) is 11.4 Å². The van der Waals surface area contributed by atoms with Crippen LogP contribution in [-0.4, -0.2) is 47.7 Å². The van der Waals surface area contributed by atoms with Gasteiger partial charge in [0.15, 0.2) is 0 Å². The summed E-state index contributed by atoms with van der Waals surface area (Å²) in [5.74, 6) is -0.135. The number of hydrogen-bond acceptors (Lipinski definition) is 3. The number of aromatic amines is 1. The quantitative estimate of drug-likeness (QED) is 0.500. The first kappa shape index (κ1) is 18.0. The molecule has 0 saturated heterocycles. The predicted molar refractivity (Wildman–Crippen MR) is 105 cm³/mol. The summed E-state index contributed by atoms with van der Waals surface area (Å²) in [6.45, 7) is 4.31.